The largest absolute Gasteiger partial charge is 0.497 e. The summed E-state index contributed by atoms with van der Waals surface area (Å²) in [6.07, 6.45) is 3.55. The van der Waals surface area contributed by atoms with Crippen molar-refractivity contribution in [3.63, 3.8) is 0 Å². The van der Waals surface area contributed by atoms with Gasteiger partial charge < -0.3 is 20.3 Å². The van der Waals surface area contributed by atoms with E-state index >= 15 is 0 Å². The van der Waals surface area contributed by atoms with Gasteiger partial charge in [-0.15, -0.1) is 0 Å². The fourth-order valence-corrected chi connectivity index (χ4v) is 4.12. The molecule has 2 heterocycles. The van der Waals surface area contributed by atoms with Gasteiger partial charge in [-0.25, -0.2) is 0 Å². The molecule has 2 amide bonds. The molecule has 0 saturated carbocycles. The third kappa shape index (κ3) is 5.90. The number of ether oxygens (including phenoxy) is 1. The van der Waals surface area contributed by atoms with Gasteiger partial charge in [0, 0.05) is 62.6 Å². The fourth-order valence-electron chi connectivity index (χ4n) is 4.12. The van der Waals surface area contributed by atoms with Crippen molar-refractivity contribution in [3.05, 3.63) is 84.7 Å². The minimum atomic E-state index is -0.716. The van der Waals surface area contributed by atoms with Gasteiger partial charge >= 0.3 is 11.8 Å². The first-order valence-corrected chi connectivity index (χ1v) is 11.3. The van der Waals surface area contributed by atoms with E-state index in [9.17, 15) is 9.59 Å². The molecule has 0 aliphatic carbocycles. The highest BCUT2D eigenvalue weighted by Gasteiger charge is 2.26. The second-order valence-electron chi connectivity index (χ2n) is 8.06. The Morgan fingerprint density at radius 2 is 1.76 bits per heavy atom. The number of anilines is 2. The van der Waals surface area contributed by atoms with Crippen molar-refractivity contribution in [2.75, 3.05) is 50.1 Å². The molecular formula is C26H29N5O3. The number of nitrogens with zero attached hydrogens (tertiary/aromatic N) is 3. The number of benzene rings is 2. The molecule has 0 radical (unpaired) electrons. The first-order valence-electron chi connectivity index (χ1n) is 11.3. The number of pyridine rings is 1. The summed E-state index contributed by atoms with van der Waals surface area (Å²) in [5, 5.41) is 5.42. The summed E-state index contributed by atoms with van der Waals surface area (Å²) < 4.78 is 5.16. The number of piperazine rings is 1. The molecule has 1 aromatic heterocycles. The Bertz CT molecular complexity index is 1090. The second-order valence-corrected chi connectivity index (χ2v) is 8.06. The van der Waals surface area contributed by atoms with E-state index in [0.29, 0.717) is 18.0 Å². The van der Waals surface area contributed by atoms with Crippen LogP contribution in [0.1, 0.15) is 11.6 Å². The van der Waals surface area contributed by atoms with Gasteiger partial charge in [0.2, 0.25) is 0 Å². The van der Waals surface area contributed by atoms with Gasteiger partial charge in [0.15, 0.2) is 0 Å². The van der Waals surface area contributed by atoms with Gasteiger partial charge in [0.1, 0.15) is 5.75 Å². The highest BCUT2D eigenvalue weighted by Crippen LogP contribution is 2.23. The van der Waals surface area contributed by atoms with E-state index < -0.39 is 11.8 Å². The summed E-state index contributed by atoms with van der Waals surface area (Å²) >= 11 is 0. The van der Waals surface area contributed by atoms with Gasteiger partial charge in [0.05, 0.1) is 13.2 Å². The normalized spacial score (nSPS) is 14.8. The molecule has 2 aromatic carbocycles. The Kier molecular flexibility index (Phi) is 7.72. The van der Waals surface area contributed by atoms with E-state index in [-0.39, 0.29) is 6.04 Å². The Labute approximate surface area is 199 Å². The monoisotopic (exact) mass is 459 g/mol. The third-order valence-corrected chi connectivity index (χ3v) is 5.94. The maximum atomic E-state index is 12.6. The number of para-hydroxylation sites is 1. The van der Waals surface area contributed by atoms with Crippen LogP contribution >= 0.6 is 0 Å². The van der Waals surface area contributed by atoms with Crippen LogP contribution in [0.2, 0.25) is 0 Å². The molecule has 3 aromatic rings. The number of rotatable bonds is 7. The van der Waals surface area contributed by atoms with Gasteiger partial charge in [0.25, 0.3) is 0 Å². The molecule has 4 rings (SSSR count). The summed E-state index contributed by atoms with van der Waals surface area (Å²) in [6, 6.07) is 21.1. The zero-order valence-corrected chi connectivity index (χ0v) is 19.2. The van der Waals surface area contributed by atoms with Gasteiger partial charge in [-0.05, 0) is 35.9 Å². The van der Waals surface area contributed by atoms with E-state index in [1.807, 2.05) is 36.5 Å². The van der Waals surface area contributed by atoms with Crippen molar-refractivity contribution < 1.29 is 14.3 Å². The van der Waals surface area contributed by atoms with Crippen LogP contribution in [-0.2, 0) is 9.59 Å². The first-order chi connectivity index (χ1) is 16.6. The SMILES string of the molecule is COc1cccc(NC(=O)C(=O)NCC(c2cccnc2)N2CCN(c3ccccc3)CC2)c1. The van der Waals surface area contributed by atoms with Gasteiger partial charge in [-0.1, -0.05) is 30.3 Å². The number of carbonyl (C=O) groups excluding carboxylic acids is 2. The van der Waals surface area contributed by atoms with Crippen molar-refractivity contribution in [3.8, 4) is 5.75 Å². The Morgan fingerprint density at radius 3 is 2.47 bits per heavy atom. The first kappa shape index (κ1) is 23.3. The molecule has 2 N–H and O–H groups in total. The third-order valence-electron chi connectivity index (χ3n) is 5.94. The lowest BCUT2D eigenvalue weighted by molar-refractivity contribution is -0.136. The van der Waals surface area contributed by atoms with Crippen molar-refractivity contribution in [2.45, 2.75) is 6.04 Å². The molecule has 8 nitrogen and oxygen atoms in total. The lowest BCUT2D eigenvalue weighted by atomic mass is 10.1. The molecule has 1 fully saturated rings. The summed E-state index contributed by atoms with van der Waals surface area (Å²) in [6.45, 7) is 3.73. The number of nitrogens with one attached hydrogen (secondary N) is 2. The lowest BCUT2D eigenvalue weighted by Crippen LogP contribution is -2.50. The van der Waals surface area contributed by atoms with Crippen molar-refractivity contribution in [1.29, 1.82) is 0 Å². The van der Waals surface area contributed by atoms with Crippen LogP contribution in [0.4, 0.5) is 11.4 Å². The number of aromatic nitrogens is 1. The van der Waals surface area contributed by atoms with Crippen LogP contribution in [0.15, 0.2) is 79.1 Å². The molecule has 0 spiro atoms. The van der Waals surface area contributed by atoms with E-state index in [0.717, 1.165) is 31.7 Å². The zero-order valence-electron chi connectivity index (χ0n) is 19.2. The van der Waals surface area contributed by atoms with Crippen molar-refractivity contribution >= 4 is 23.2 Å². The maximum absolute atomic E-state index is 12.6. The summed E-state index contributed by atoms with van der Waals surface area (Å²) in [4.78, 5) is 33.9. The predicted molar refractivity (Wildman–Crippen MR) is 132 cm³/mol. The number of hydrogen-bond donors (Lipinski definition) is 2. The molecule has 0 bridgehead atoms. The minimum absolute atomic E-state index is 0.0832. The predicted octanol–water partition coefficient (Wildman–Crippen LogP) is 2.71. The highest BCUT2D eigenvalue weighted by atomic mass is 16.5. The second kappa shape index (κ2) is 11.3. The average molecular weight is 460 g/mol. The summed E-state index contributed by atoms with van der Waals surface area (Å²) in [7, 11) is 1.55. The Balaban J connectivity index is 1.38. The van der Waals surface area contributed by atoms with Crippen LogP contribution in [0.3, 0.4) is 0 Å². The number of hydrogen-bond acceptors (Lipinski definition) is 6. The topological polar surface area (TPSA) is 86.8 Å². The zero-order chi connectivity index (χ0) is 23.8. The van der Waals surface area contributed by atoms with Gasteiger partial charge in [-0.3, -0.25) is 19.5 Å². The van der Waals surface area contributed by atoms with Crippen LogP contribution in [-0.4, -0.2) is 61.5 Å². The lowest BCUT2D eigenvalue weighted by Gasteiger charge is -2.40. The highest BCUT2D eigenvalue weighted by molar-refractivity contribution is 6.39. The van der Waals surface area contributed by atoms with Crippen LogP contribution in [0.25, 0.3) is 0 Å². The summed E-state index contributed by atoms with van der Waals surface area (Å²) in [5.74, 6) is -0.795. The molecule has 1 atom stereocenters. The van der Waals surface area contributed by atoms with Gasteiger partial charge in [-0.2, -0.15) is 0 Å². The molecule has 1 aliphatic heterocycles. The number of amides is 2. The molecular weight excluding hydrogens is 430 g/mol. The number of methoxy groups -OCH3 is 1. The Hall–Kier alpha value is -3.91. The Morgan fingerprint density at radius 1 is 0.971 bits per heavy atom. The molecule has 1 unspecified atom stereocenters. The van der Waals surface area contributed by atoms with E-state index in [1.165, 1.54) is 5.69 Å². The molecule has 1 aliphatic rings. The number of carbonyl (C=O) groups is 2. The van der Waals surface area contributed by atoms with Crippen LogP contribution in [0, 0.1) is 0 Å². The van der Waals surface area contributed by atoms with Crippen molar-refractivity contribution in [1.82, 2.24) is 15.2 Å². The van der Waals surface area contributed by atoms with E-state index in [2.05, 4.69) is 37.6 Å². The average Bonchev–Trinajstić information content (AvgIpc) is 2.90. The smallest absolute Gasteiger partial charge is 0.313 e. The molecule has 1 saturated heterocycles. The van der Waals surface area contributed by atoms with E-state index in [1.54, 1.807) is 37.6 Å². The molecule has 8 heteroatoms. The molecule has 176 valence electrons. The minimum Gasteiger partial charge on any atom is -0.497 e. The van der Waals surface area contributed by atoms with Crippen LogP contribution < -0.4 is 20.3 Å². The maximum Gasteiger partial charge on any atom is 0.313 e. The summed E-state index contributed by atoms with van der Waals surface area (Å²) in [5.41, 5.74) is 2.71. The quantitative estimate of drug-likeness (QED) is 0.529. The van der Waals surface area contributed by atoms with E-state index in [4.69, 9.17) is 4.74 Å². The molecule has 34 heavy (non-hydrogen) atoms. The standard InChI is InChI=1S/C26H29N5O3/c1-34-23-11-5-8-21(17-23)29-26(33)25(32)28-19-24(20-7-6-12-27-18-20)31-15-13-30(14-16-31)22-9-3-2-4-10-22/h2-12,17-18,24H,13-16,19H2,1H3,(H,28,32)(H,29,33). The fraction of sp³-hybridized carbons (Fsp3) is 0.269. The van der Waals surface area contributed by atoms with Crippen LogP contribution in [0.5, 0.6) is 5.75 Å². The van der Waals surface area contributed by atoms with Crippen molar-refractivity contribution in [2.24, 2.45) is 0 Å².